The lowest BCUT2D eigenvalue weighted by Gasteiger charge is -2.23. The first-order chi connectivity index (χ1) is 21.1. The van der Waals surface area contributed by atoms with Crippen molar-refractivity contribution in [2.45, 2.75) is 50.8 Å². The van der Waals surface area contributed by atoms with Gasteiger partial charge in [0.2, 0.25) is 10.0 Å². The van der Waals surface area contributed by atoms with Gasteiger partial charge < -0.3 is 11.1 Å². The third-order valence-corrected chi connectivity index (χ3v) is 10.7. The van der Waals surface area contributed by atoms with Gasteiger partial charge >= 0.3 is 0 Å². The van der Waals surface area contributed by atoms with Gasteiger partial charge in [-0.3, -0.25) is 8.71 Å². The van der Waals surface area contributed by atoms with Crippen molar-refractivity contribution in [2.75, 3.05) is 24.1 Å². The molecular formula is C34H37ClN6O2S. The molecule has 1 atom stereocenters. The van der Waals surface area contributed by atoms with Crippen molar-refractivity contribution >= 4 is 55.0 Å². The van der Waals surface area contributed by atoms with Crippen molar-refractivity contribution in [3.63, 3.8) is 0 Å². The fourth-order valence-corrected chi connectivity index (χ4v) is 7.70. The number of halogens is 1. The van der Waals surface area contributed by atoms with Crippen molar-refractivity contribution in [3.8, 4) is 11.3 Å². The van der Waals surface area contributed by atoms with E-state index in [-0.39, 0.29) is 11.7 Å². The number of sulfonamides is 1. The number of hydrogen-bond donors (Lipinski definition) is 2. The average Bonchev–Trinajstić information content (AvgIpc) is 3.43. The Kier molecular flexibility index (Phi) is 8.13. The van der Waals surface area contributed by atoms with Crippen LogP contribution in [0.3, 0.4) is 0 Å². The van der Waals surface area contributed by atoms with Gasteiger partial charge in [0.25, 0.3) is 0 Å². The molecule has 0 spiro atoms. The zero-order valence-electron chi connectivity index (χ0n) is 25.4. The molecule has 6 rings (SSSR count). The number of nitrogen functional groups attached to an aromatic ring is 1. The molecule has 0 bridgehead atoms. The van der Waals surface area contributed by atoms with Crippen LogP contribution >= 0.6 is 11.6 Å². The van der Waals surface area contributed by atoms with Crippen LogP contribution in [0.2, 0.25) is 5.02 Å². The maximum absolute atomic E-state index is 13.6. The predicted octanol–water partition coefficient (Wildman–Crippen LogP) is 7.03. The molecule has 3 N–H and O–H groups in total. The Morgan fingerprint density at radius 1 is 1.09 bits per heavy atom. The highest BCUT2D eigenvalue weighted by molar-refractivity contribution is 7.92. The van der Waals surface area contributed by atoms with Crippen LogP contribution in [-0.4, -0.2) is 42.9 Å². The molecule has 0 fully saturated rings. The number of nitrogens with two attached hydrogens (primary N) is 1. The van der Waals surface area contributed by atoms with Crippen LogP contribution in [0, 0.1) is 0 Å². The normalized spacial score (nSPS) is 15.7. The van der Waals surface area contributed by atoms with Gasteiger partial charge in [0.15, 0.2) is 0 Å². The molecule has 5 aromatic rings. The Hall–Kier alpha value is -3.92. The van der Waals surface area contributed by atoms with Gasteiger partial charge in [-0.1, -0.05) is 74.0 Å². The first-order valence-electron chi connectivity index (χ1n) is 14.9. The molecular weight excluding hydrogens is 592 g/mol. The van der Waals surface area contributed by atoms with Gasteiger partial charge in [0.05, 0.1) is 23.3 Å². The number of nitrogens with one attached hydrogen (secondary N) is 1. The minimum absolute atomic E-state index is 0.123. The van der Waals surface area contributed by atoms with Crippen molar-refractivity contribution in [2.24, 2.45) is 0 Å². The number of imidazole rings is 1. The zero-order valence-corrected chi connectivity index (χ0v) is 27.0. The summed E-state index contributed by atoms with van der Waals surface area (Å²) in [5.41, 5.74) is 12.4. The van der Waals surface area contributed by atoms with Crippen LogP contribution in [0.25, 0.3) is 33.1 Å². The maximum Gasteiger partial charge on any atom is 0.239 e. The standard InChI is InChI=1S/C34H37ClN6O2S/c1-21(2)34-39-31(32-33(36)38-19-30(41(32)34)22-13-15-24(37-3)16-14-22)27-17-18-29(26-11-7-6-10-25(26)27)40(4)44(42,43)20-23-9-5-8-12-28(23)35/h5-13,17-19,21,24,37H,14-16,20H2,1-4H3,(H2,36,38). The molecule has 10 heteroatoms. The fraction of sp³-hybridized carbons (Fsp3) is 0.294. The Labute approximate surface area is 263 Å². The second-order valence-corrected chi connectivity index (χ2v) is 14.1. The average molecular weight is 629 g/mol. The summed E-state index contributed by atoms with van der Waals surface area (Å²) in [7, 11) is -0.150. The first-order valence-corrected chi connectivity index (χ1v) is 16.8. The summed E-state index contributed by atoms with van der Waals surface area (Å²) >= 11 is 6.31. The minimum Gasteiger partial charge on any atom is -0.382 e. The van der Waals surface area contributed by atoms with E-state index >= 15 is 0 Å². The van der Waals surface area contributed by atoms with Crippen molar-refractivity contribution in [3.05, 3.63) is 95.0 Å². The van der Waals surface area contributed by atoms with E-state index in [4.69, 9.17) is 22.3 Å². The minimum atomic E-state index is -3.74. The zero-order chi connectivity index (χ0) is 31.2. The molecule has 0 radical (unpaired) electrons. The lowest BCUT2D eigenvalue weighted by Crippen LogP contribution is -2.28. The number of hydrogen-bond acceptors (Lipinski definition) is 6. The third kappa shape index (κ3) is 5.33. The van der Waals surface area contributed by atoms with Gasteiger partial charge in [-0.2, -0.15) is 0 Å². The topological polar surface area (TPSA) is 106 Å². The van der Waals surface area contributed by atoms with Crippen LogP contribution in [0.15, 0.2) is 72.9 Å². The van der Waals surface area contributed by atoms with E-state index in [1.54, 1.807) is 31.3 Å². The predicted molar refractivity (Wildman–Crippen MR) is 182 cm³/mol. The number of aromatic nitrogens is 3. The summed E-state index contributed by atoms with van der Waals surface area (Å²) in [6, 6.07) is 19.1. The van der Waals surface area contributed by atoms with E-state index < -0.39 is 10.0 Å². The molecule has 1 unspecified atom stereocenters. The lowest BCUT2D eigenvalue weighted by molar-refractivity contribution is 0.522. The smallest absolute Gasteiger partial charge is 0.239 e. The number of anilines is 2. The number of rotatable bonds is 8. The van der Waals surface area contributed by atoms with Gasteiger partial charge in [-0.15, -0.1) is 0 Å². The molecule has 1 aliphatic rings. The monoisotopic (exact) mass is 628 g/mol. The first kappa shape index (κ1) is 30.1. The Morgan fingerprint density at radius 2 is 1.82 bits per heavy atom. The van der Waals surface area contributed by atoms with Crippen LogP contribution in [-0.2, 0) is 15.8 Å². The van der Waals surface area contributed by atoms with Gasteiger partial charge in [0.1, 0.15) is 22.9 Å². The van der Waals surface area contributed by atoms with Gasteiger partial charge in [-0.05, 0) is 61.0 Å². The van der Waals surface area contributed by atoms with E-state index in [0.717, 1.165) is 58.3 Å². The molecule has 2 aromatic heterocycles. The third-order valence-electron chi connectivity index (χ3n) is 8.59. The van der Waals surface area contributed by atoms with Crippen LogP contribution in [0.1, 0.15) is 56.1 Å². The second-order valence-electron chi connectivity index (χ2n) is 11.7. The van der Waals surface area contributed by atoms with E-state index in [9.17, 15) is 8.42 Å². The van der Waals surface area contributed by atoms with E-state index in [1.165, 1.54) is 9.88 Å². The quantitative estimate of drug-likeness (QED) is 0.191. The van der Waals surface area contributed by atoms with E-state index in [0.29, 0.717) is 28.1 Å². The van der Waals surface area contributed by atoms with E-state index in [1.807, 2.05) is 49.6 Å². The molecule has 228 valence electrons. The molecule has 44 heavy (non-hydrogen) atoms. The van der Waals surface area contributed by atoms with Crippen molar-refractivity contribution < 1.29 is 8.42 Å². The Balaban J connectivity index is 1.51. The Morgan fingerprint density at radius 3 is 2.50 bits per heavy atom. The molecule has 1 aliphatic carbocycles. The van der Waals surface area contributed by atoms with Gasteiger partial charge in [-0.25, -0.2) is 18.4 Å². The molecule has 0 saturated heterocycles. The summed E-state index contributed by atoms with van der Waals surface area (Å²) < 4.78 is 30.7. The summed E-state index contributed by atoms with van der Waals surface area (Å²) in [5.74, 6) is 1.22. The summed E-state index contributed by atoms with van der Waals surface area (Å²) in [6.45, 7) is 4.26. The van der Waals surface area contributed by atoms with Gasteiger partial charge in [0, 0.05) is 35.0 Å². The maximum atomic E-state index is 13.6. The molecule has 0 saturated carbocycles. The Bertz CT molecular complexity index is 2020. The SMILES string of the molecule is CNC1CC=C(c2cnc(N)c3c(-c4ccc(N(C)S(=O)(=O)Cc5ccccc5Cl)c5ccccc45)nc(C(C)C)n23)CC1. The van der Waals surface area contributed by atoms with Crippen LogP contribution in [0.5, 0.6) is 0 Å². The van der Waals surface area contributed by atoms with Crippen molar-refractivity contribution in [1.29, 1.82) is 0 Å². The number of allylic oxidation sites excluding steroid dienone is 1. The highest BCUT2D eigenvalue weighted by Crippen LogP contribution is 2.40. The van der Waals surface area contributed by atoms with Crippen molar-refractivity contribution in [1.82, 2.24) is 19.7 Å². The second kappa shape index (κ2) is 11.9. The molecule has 0 amide bonds. The van der Waals surface area contributed by atoms with Crippen LogP contribution in [0.4, 0.5) is 11.5 Å². The molecule has 8 nitrogen and oxygen atoms in total. The number of benzene rings is 3. The highest BCUT2D eigenvalue weighted by atomic mass is 35.5. The summed E-state index contributed by atoms with van der Waals surface area (Å²) in [6.07, 6.45) is 7.10. The lowest BCUT2D eigenvalue weighted by atomic mass is 9.93. The molecule has 2 heterocycles. The molecule has 3 aromatic carbocycles. The number of fused-ring (bicyclic) bond motifs is 2. The summed E-state index contributed by atoms with van der Waals surface area (Å²) in [5, 5.41) is 5.47. The molecule has 0 aliphatic heterocycles. The van der Waals surface area contributed by atoms with E-state index in [2.05, 4.69) is 34.6 Å². The van der Waals surface area contributed by atoms with Crippen LogP contribution < -0.4 is 15.4 Å². The highest BCUT2D eigenvalue weighted by Gasteiger charge is 2.27. The number of nitrogens with zero attached hydrogens (tertiary/aromatic N) is 4. The largest absolute Gasteiger partial charge is 0.382 e. The fourth-order valence-electron chi connectivity index (χ4n) is 6.12. The summed E-state index contributed by atoms with van der Waals surface area (Å²) in [4.78, 5) is 9.85.